The molecular formula is C16H23F2N3O2. The zero-order valence-corrected chi connectivity index (χ0v) is 13.9. The van der Waals surface area contributed by atoms with E-state index in [-0.39, 0.29) is 0 Å². The molecule has 0 fully saturated rings. The Morgan fingerprint density at radius 1 is 1.13 bits per heavy atom. The van der Waals surface area contributed by atoms with Crippen LogP contribution < -0.4 is 10.6 Å². The van der Waals surface area contributed by atoms with Crippen molar-refractivity contribution in [2.75, 3.05) is 32.5 Å². The Hall–Kier alpha value is -2.02. The number of nitrogens with zero attached hydrogens (tertiary/aromatic N) is 1. The van der Waals surface area contributed by atoms with Gasteiger partial charge in [0.15, 0.2) is 0 Å². The van der Waals surface area contributed by atoms with Gasteiger partial charge >= 0.3 is 0 Å². The average Bonchev–Trinajstić information content (AvgIpc) is 2.46. The fourth-order valence-electron chi connectivity index (χ4n) is 1.81. The molecule has 2 N–H and O–H groups in total. The van der Waals surface area contributed by atoms with E-state index in [4.69, 9.17) is 0 Å². The fourth-order valence-corrected chi connectivity index (χ4v) is 1.81. The number of para-hydroxylation sites is 1. The first-order valence-corrected chi connectivity index (χ1v) is 7.34. The Kier molecular flexibility index (Phi) is 6.62. The summed E-state index contributed by atoms with van der Waals surface area (Å²) in [7, 11) is 3.84. The van der Waals surface area contributed by atoms with Crippen molar-refractivity contribution in [2.45, 2.75) is 20.3 Å². The summed E-state index contributed by atoms with van der Waals surface area (Å²) in [5.41, 5.74) is -2.00. The summed E-state index contributed by atoms with van der Waals surface area (Å²) < 4.78 is 27.1. The minimum Gasteiger partial charge on any atom is -0.355 e. The predicted molar refractivity (Wildman–Crippen MR) is 84.9 cm³/mol. The Bertz CT molecular complexity index is 554. The van der Waals surface area contributed by atoms with E-state index in [1.807, 2.05) is 19.0 Å². The molecule has 0 atom stereocenters. The molecule has 1 rings (SSSR count). The van der Waals surface area contributed by atoms with E-state index in [0.29, 0.717) is 6.54 Å². The third kappa shape index (κ3) is 5.28. The fraction of sp³-hybridized carbons (Fsp3) is 0.500. The molecule has 1 aromatic rings. The standard InChI is InChI=1S/C16H23F2N3O2/c1-16(2,14(22)19-9-6-10-21(3)4)15(23)20-13-11(17)7-5-8-12(13)18/h5,7-8H,6,9-10H2,1-4H3,(H,19,22)(H,20,23). The minimum absolute atomic E-state index is 0.418. The normalized spacial score (nSPS) is 11.4. The molecule has 7 heteroatoms. The maximum absolute atomic E-state index is 13.6. The molecule has 0 aliphatic heterocycles. The van der Waals surface area contributed by atoms with Crippen molar-refractivity contribution < 1.29 is 18.4 Å². The number of carbonyl (C=O) groups is 2. The van der Waals surface area contributed by atoms with Gasteiger partial charge in [-0.25, -0.2) is 8.78 Å². The van der Waals surface area contributed by atoms with Crippen LogP contribution in [-0.4, -0.2) is 43.9 Å². The third-order valence-electron chi connectivity index (χ3n) is 3.40. The molecule has 2 amide bonds. The van der Waals surface area contributed by atoms with Gasteiger partial charge in [-0.05, 0) is 53.0 Å². The van der Waals surface area contributed by atoms with E-state index in [1.165, 1.54) is 19.9 Å². The van der Waals surface area contributed by atoms with Gasteiger partial charge in [0.1, 0.15) is 22.7 Å². The highest BCUT2D eigenvalue weighted by Gasteiger charge is 2.36. The van der Waals surface area contributed by atoms with Gasteiger partial charge < -0.3 is 15.5 Å². The summed E-state index contributed by atoms with van der Waals surface area (Å²) >= 11 is 0. The summed E-state index contributed by atoms with van der Waals surface area (Å²) in [5, 5.41) is 4.81. The van der Waals surface area contributed by atoms with Crippen LogP contribution in [-0.2, 0) is 9.59 Å². The molecule has 0 radical (unpaired) electrons. The number of anilines is 1. The van der Waals surface area contributed by atoms with Crippen LogP contribution >= 0.6 is 0 Å². The average molecular weight is 327 g/mol. The molecule has 0 unspecified atom stereocenters. The maximum atomic E-state index is 13.6. The number of carbonyl (C=O) groups excluding carboxylic acids is 2. The zero-order chi connectivity index (χ0) is 17.6. The van der Waals surface area contributed by atoms with Crippen LogP contribution in [0.4, 0.5) is 14.5 Å². The molecule has 0 spiro atoms. The van der Waals surface area contributed by atoms with Crippen LogP contribution in [0, 0.1) is 17.0 Å². The summed E-state index contributed by atoms with van der Waals surface area (Å²) in [6.45, 7) is 4.03. The van der Waals surface area contributed by atoms with E-state index in [1.54, 1.807) is 0 Å². The van der Waals surface area contributed by atoms with Crippen LogP contribution in [0.3, 0.4) is 0 Å². The molecule has 0 heterocycles. The Morgan fingerprint density at radius 2 is 1.70 bits per heavy atom. The molecule has 0 saturated heterocycles. The van der Waals surface area contributed by atoms with E-state index in [2.05, 4.69) is 10.6 Å². The lowest BCUT2D eigenvalue weighted by atomic mass is 9.91. The van der Waals surface area contributed by atoms with Crippen molar-refractivity contribution in [1.82, 2.24) is 10.2 Å². The topological polar surface area (TPSA) is 61.4 Å². The monoisotopic (exact) mass is 327 g/mol. The largest absolute Gasteiger partial charge is 0.355 e. The first-order valence-electron chi connectivity index (χ1n) is 7.34. The summed E-state index contributed by atoms with van der Waals surface area (Å²) in [5.74, 6) is -3.04. The highest BCUT2D eigenvalue weighted by molar-refractivity contribution is 6.09. The lowest BCUT2D eigenvalue weighted by Gasteiger charge is -2.23. The molecule has 0 aliphatic carbocycles. The first-order chi connectivity index (χ1) is 10.7. The number of halogens is 2. The number of amides is 2. The molecule has 0 aromatic heterocycles. The second-order valence-electron chi connectivity index (χ2n) is 6.09. The second-order valence-corrected chi connectivity index (χ2v) is 6.09. The Morgan fingerprint density at radius 3 is 2.22 bits per heavy atom. The van der Waals surface area contributed by atoms with Crippen molar-refractivity contribution >= 4 is 17.5 Å². The number of benzene rings is 1. The molecule has 128 valence electrons. The second kappa shape index (κ2) is 8.01. The highest BCUT2D eigenvalue weighted by atomic mass is 19.1. The van der Waals surface area contributed by atoms with E-state index in [9.17, 15) is 18.4 Å². The summed E-state index contributed by atoms with van der Waals surface area (Å²) in [6.07, 6.45) is 0.735. The van der Waals surface area contributed by atoms with Crippen LogP contribution in [0.25, 0.3) is 0 Å². The first kappa shape index (κ1) is 19.0. The van der Waals surface area contributed by atoms with Gasteiger partial charge in [-0.3, -0.25) is 9.59 Å². The molecular weight excluding hydrogens is 304 g/mol. The van der Waals surface area contributed by atoms with Gasteiger partial charge in [-0.1, -0.05) is 6.07 Å². The smallest absolute Gasteiger partial charge is 0.239 e. The van der Waals surface area contributed by atoms with Crippen LogP contribution in [0.15, 0.2) is 18.2 Å². The van der Waals surface area contributed by atoms with Crippen molar-refractivity contribution in [3.63, 3.8) is 0 Å². The van der Waals surface area contributed by atoms with Gasteiger partial charge in [-0.2, -0.15) is 0 Å². The lowest BCUT2D eigenvalue weighted by Crippen LogP contribution is -2.45. The Balaban J connectivity index is 2.67. The maximum Gasteiger partial charge on any atom is 0.239 e. The molecule has 0 saturated carbocycles. The van der Waals surface area contributed by atoms with E-state index >= 15 is 0 Å². The van der Waals surface area contributed by atoms with Crippen molar-refractivity contribution in [2.24, 2.45) is 5.41 Å². The lowest BCUT2D eigenvalue weighted by molar-refractivity contribution is -0.138. The molecule has 0 aliphatic rings. The number of hydrogen-bond acceptors (Lipinski definition) is 3. The van der Waals surface area contributed by atoms with Crippen molar-refractivity contribution in [3.05, 3.63) is 29.8 Å². The van der Waals surface area contributed by atoms with Gasteiger partial charge in [0.2, 0.25) is 11.8 Å². The highest BCUT2D eigenvalue weighted by Crippen LogP contribution is 2.23. The van der Waals surface area contributed by atoms with Gasteiger partial charge in [0.05, 0.1) is 0 Å². The zero-order valence-electron chi connectivity index (χ0n) is 13.9. The van der Waals surface area contributed by atoms with Crippen LogP contribution in [0.5, 0.6) is 0 Å². The van der Waals surface area contributed by atoms with E-state index < -0.39 is 34.6 Å². The van der Waals surface area contributed by atoms with Gasteiger partial charge in [0, 0.05) is 6.54 Å². The van der Waals surface area contributed by atoms with Crippen molar-refractivity contribution in [3.8, 4) is 0 Å². The molecule has 23 heavy (non-hydrogen) atoms. The molecule has 0 bridgehead atoms. The minimum atomic E-state index is -1.45. The summed E-state index contributed by atoms with van der Waals surface area (Å²) in [4.78, 5) is 26.3. The predicted octanol–water partition coefficient (Wildman–Crippen LogP) is 2.00. The molecule has 5 nitrogen and oxygen atoms in total. The van der Waals surface area contributed by atoms with Gasteiger partial charge in [0.25, 0.3) is 0 Å². The number of rotatable bonds is 7. The molecule has 1 aromatic carbocycles. The third-order valence-corrected chi connectivity index (χ3v) is 3.40. The number of hydrogen-bond donors (Lipinski definition) is 2. The SMILES string of the molecule is CN(C)CCCNC(=O)C(C)(C)C(=O)Nc1c(F)cccc1F. The van der Waals surface area contributed by atoms with Crippen LogP contribution in [0.2, 0.25) is 0 Å². The van der Waals surface area contributed by atoms with E-state index in [0.717, 1.165) is 25.1 Å². The number of nitrogens with one attached hydrogen (secondary N) is 2. The quantitative estimate of drug-likeness (QED) is 0.595. The van der Waals surface area contributed by atoms with Crippen molar-refractivity contribution in [1.29, 1.82) is 0 Å². The van der Waals surface area contributed by atoms with Crippen LogP contribution in [0.1, 0.15) is 20.3 Å². The summed E-state index contributed by atoms with van der Waals surface area (Å²) in [6, 6.07) is 3.27. The Labute approximate surface area is 135 Å². The van der Waals surface area contributed by atoms with Gasteiger partial charge in [-0.15, -0.1) is 0 Å².